The molecule has 0 radical (unpaired) electrons. The van der Waals surface area contributed by atoms with Gasteiger partial charge in [0.15, 0.2) is 0 Å². The number of hydrogen-bond donors (Lipinski definition) is 1. The maximum absolute atomic E-state index is 11.9. The third-order valence-electron chi connectivity index (χ3n) is 2.86. The molecule has 2 heterocycles. The van der Waals surface area contributed by atoms with Crippen molar-refractivity contribution < 1.29 is 0 Å². The molecule has 2 aromatic heterocycles. The molecule has 2 rings (SSSR count). The van der Waals surface area contributed by atoms with E-state index in [1.807, 2.05) is 6.92 Å². The van der Waals surface area contributed by atoms with Crippen molar-refractivity contribution in [2.45, 2.75) is 19.9 Å². The van der Waals surface area contributed by atoms with Crippen LogP contribution in [0, 0.1) is 6.92 Å². The average molecular weight is 342 g/mol. The molecule has 4 nitrogen and oxygen atoms in total. The first-order valence-electron chi connectivity index (χ1n) is 6.12. The lowest BCUT2D eigenvalue weighted by Crippen LogP contribution is -2.29. The molecule has 19 heavy (non-hydrogen) atoms. The maximum atomic E-state index is 11.9. The fourth-order valence-corrected chi connectivity index (χ4v) is 2.73. The van der Waals surface area contributed by atoms with Gasteiger partial charge in [0.05, 0.1) is 12.0 Å². The van der Waals surface area contributed by atoms with Crippen LogP contribution in [0.5, 0.6) is 0 Å². The van der Waals surface area contributed by atoms with Gasteiger partial charge in [0.1, 0.15) is 4.47 Å². The van der Waals surface area contributed by atoms with Crippen molar-refractivity contribution in [2.24, 2.45) is 0 Å². The number of halogens is 1. The molecule has 6 heteroatoms. The molecule has 0 aliphatic heterocycles. The maximum Gasteiger partial charge on any atom is 0.267 e. The number of rotatable bonds is 6. The minimum Gasteiger partial charge on any atom is -0.315 e. The molecular weight excluding hydrogens is 326 g/mol. The van der Waals surface area contributed by atoms with Crippen LogP contribution in [0.25, 0.3) is 0 Å². The molecule has 0 aliphatic carbocycles. The Balaban J connectivity index is 1.77. The van der Waals surface area contributed by atoms with Crippen LogP contribution in [0.15, 0.2) is 32.4 Å². The molecule has 2 aromatic rings. The highest BCUT2D eigenvalue weighted by Crippen LogP contribution is 2.06. The molecule has 102 valence electrons. The predicted molar refractivity (Wildman–Crippen MR) is 81.8 cm³/mol. The molecular formula is C13H16BrN3OS. The average Bonchev–Trinajstić information content (AvgIpc) is 2.91. The van der Waals surface area contributed by atoms with Crippen molar-refractivity contribution >= 4 is 27.3 Å². The van der Waals surface area contributed by atoms with Crippen molar-refractivity contribution in [3.05, 3.63) is 49.2 Å². The summed E-state index contributed by atoms with van der Waals surface area (Å²) < 4.78 is 2.17. The molecule has 1 N–H and O–H groups in total. The number of nitrogens with one attached hydrogen (secondary N) is 1. The first kappa shape index (κ1) is 14.4. The van der Waals surface area contributed by atoms with E-state index in [1.165, 1.54) is 5.56 Å². The van der Waals surface area contributed by atoms with E-state index in [0.29, 0.717) is 11.0 Å². The second-order valence-corrected chi connectivity index (χ2v) is 5.85. The molecule has 0 aromatic carbocycles. The van der Waals surface area contributed by atoms with Gasteiger partial charge in [0.25, 0.3) is 5.56 Å². The summed E-state index contributed by atoms with van der Waals surface area (Å²) in [7, 11) is 0. The Morgan fingerprint density at radius 1 is 1.47 bits per heavy atom. The minimum atomic E-state index is -0.0212. The molecule has 0 aliphatic rings. The van der Waals surface area contributed by atoms with Crippen molar-refractivity contribution in [3.63, 3.8) is 0 Å². The number of thiophene rings is 1. The molecule has 0 unspecified atom stereocenters. The molecule has 0 atom stereocenters. The third-order valence-corrected chi connectivity index (χ3v) is 4.50. The van der Waals surface area contributed by atoms with Crippen LogP contribution in [0.3, 0.4) is 0 Å². The Kier molecular flexibility index (Phi) is 5.30. The Labute approximate surface area is 124 Å². The zero-order valence-corrected chi connectivity index (χ0v) is 13.1. The molecule has 0 fully saturated rings. The highest BCUT2D eigenvalue weighted by atomic mass is 79.9. The summed E-state index contributed by atoms with van der Waals surface area (Å²) in [6.07, 6.45) is 2.62. The Hall–Kier alpha value is -0.980. The lowest BCUT2D eigenvalue weighted by molar-refractivity contribution is 0.576. The summed E-state index contributed by atoms with van der Waals surface area (Å²) in [5.41, 5.74) is 2.06. The van der Waals surface area contributed by atoms with Gasteiger partial charge >= 0.3 is 0 Å². The monoisotopic (exact) mass is 341 g/mol. The van der Waals surface area contributed by atoms with Gasteiger partial charge in [-0.3, -0.25) is 9.36 Å². The van der Waals surface area contributed by atoms with Crippen LogP contribution in [-0.4, -0.2) is 22.6 Å². The van der Waals surface area contributed by atoms with Crippen LogP contribution < -0.4 is 10.9 Å². The lowest BCUT2D eigenvalue weighted by Gasteiger charge is -2.08. The smallest absolute Gasteiger partial charge is 0.267 e. The van der Waals surface area contributed by atoms with E-state index in [-0.39, 0.29) is 5.56 Å². The van der Waals surface area contributed by atoms with Gasteiger partial charge in [-0.1, -0.05) is 0 Å². The van der Waals surface area contributed by atoms with Gasteiger partial charge < -0.3 is 5.32 Å². The van der Waals surface area contributed by atoms with Crippen LogP contribution in [-0.2, 0) is 13.0 Å². The SMILES string of the molecule is Cc1ncn(CCNCCc2ccsc2)c(=O)c1Br. The summed E-state index contributed by atoms with van der Waals surface area (Å²) >= 11 is 4.98. The highest BCUT2D eigenvalue weighted by molar-refractivity contribution is 9.10. The van der Waals surface area contributed by atoms with E-state index in [0.717, 1.165) is 25.2 Å². The molecule has 0 amide bonds. The summed E-state index contributed by atoms with van der Waals surface area (Å²) in [4.78, 5) is 16.1. The van der Waals surface area contributed by atoms with Crippen molar-refractivity contribution in [2.75, 3.05) is 13.1 Å². The second kappa shape index (κ2) is 6.98. The Morgan fingerprint density at radius 3 is 3.05 bits per heavy atom. The highest BCUT2D eigenvalue weighted by Gasteiger charge is 2.04. The number of nitrogens with zero attached hydrogens (tertiary/aromatic N) is 2. The van der Waals surface area contributed by atoms with E-state index in [9.17, 15) is 4.79 Å². The molecule has 0 saturated carbocycles. The number of aryl methyl sites for hydroxylation is 1. The van der Waals surface area contributed by atoms with E-state index in [1.54, 1.807) is 22.2 Å². The summed E-state index contributed by atoms with van der Waals surface area (Å²) in [6.45, 7) is 4.14. The summed E-state index contributed by atoms with van der Waals surface area (Å²) in [6, 6.07) is 2.14. The number of hydrogen-bond acceptors (Lipinski definition) is 4. The van der Waals surface area contributed by atoms with E-state index < -0.39 is 0 Å². The summed E-state index contributed by atoms with van der Waals surface area (Å²) in [5.74, 6) is 0. The van der Waals surface area contributed by atoms with E-state index in [4.69, 9.17) is 0 Å². The zero-order valence-electron chi connectivity index (χ0n) is 10.7. The van der Waals surface area contributed by atoms with Crippen LogP contribution in [0.4, 0.5) is 0 Å². The van der Waals surface area contributed by atoms with Crippen LogP contribution in [0.2, 0.25) is 0 Å². The van der Waals surface area contributed by atoms with Gasteiger partial charge in [0.2, 0.25) is 0 Å². The topological polar surface area (TPSA) is 46.9 Å². The quantitative estimate of drug-likeness (QED) is 0.819. The first-order valence-corrected chi connectivity index (χ1v) is 7.85. The van der Waals surface area contributed by atoms with E-state index >= 15 is 0 Å². The fourth-order valence-electron chi connectivity index (χ4n) is 1.70. The van der Waals surface area contributed by atoms with E-state index in [2.05, 4.69) is 43.1 Å². The summed E-state index contributed by atoms with van der Waals surface area (Å²) in [5, 5.41) is 7.58. The van der Waals surface area contributed by atoms with Crippen molar-refractivity contribution in [3.8, 4) is 0 Å². The molecule has 0 bridgehead atoms. The normalized spacial score (nSPS) is 10.8. The lowest BCUT2D eigenvalue weighted by atomic mass is 10.2. The standard InChI is InChI=1S/C13H16BrN3OS/c1-10-12(14)13(18)17(9-16-10)6-5-15-4-2-11-3-7-19-8-11/h3,7-9,15H,2,4-6H2,1H3. The zero-order chi connectivity index (χ0) is 13.7. The first-order chi connectivity index (χ1) is 9.18. The molecule has 0 saturated heterocycles. The van der Waals surface area contributed by atoms with Gasteiger partial charge in [-0.05, 0) is 58.2 Å². The molecule has 0 spiro atoms. The minimum absolute atomic E-state index is 0.0212. The van der Waals surface area contributed by atoms with Gasteiger partial charge in [-0.25, -0.2) is 4.98 Å². The van der Waals surface area contributed by atoms with Crippen LogP contribution in [0.1, 0.15) is 11.3 Å². The van der Waals surface area contributed by atoms with Crippen LogP contribution >= 0.6 is 27.3 Å². The van der Waals surface area contributed by atoms with Gasteiger partial charge in [-0.2, -0.15) is 11.3 Å². The Bertz CT molecular complexity index is 580. The Morgan fingerprint density at radius 2 is 2.32 bits per heavy atom. The third kappa shape index (κ3) is 3.99. The second-order valence-electron chi connectivity index (χ2n) is 4.27. The fraction of sp³-hybridized carbons (Fsp3) is 0.385. The van der Waals surface area contributed by atoms with Crippen molar-refractivity contribution in [1.29, 1.82) is 0 Å². The number of aromatic nitrogens is 2. The van der Waals surface area contributed by atoms with Crippen molar-refractivity contribution in [1.82, 2.24) is 14.9 Å². The largest absolute Gasteiger partial charge is 0.315 e. The van der Waals surface area contributed by atoms with Gasteiger partial charge in [0, 0.05) is 13.1 Å². The predicted octanol–water partition coefficient (Wildman–Crippen LogP) is 2.21. The van der Waals surface area contributed by atoms with Gasteiger partial charge in [-0.15, -0.1) is 0 Å².